The molecular weight excluding hydrogens is 409 g/mol. The van der Waals surface area contributed by atoms with E-state index in [2.05, 4.69) is 10.3 Å². The van der Waals surface area contributed by atoms with E-state index in [0.29, 0.717) is 22.2 Å². The van der Waals surface area contributed by atoms with Gasteiger partial charge in [-0.25, -0.2) is 18.0 Å². The average Bonchev–Trinajstić information content (AvgIpc) is 3.06. The third-order valence-electron chi connectivity index (χ3n) is 5.19. The molecule has 1 aromatic heterocycles. The second-order valence-corrected chi connectivity index (χ2v) is 7.41. The Balaban J connectivity index is 1.85. The van der Waals surface area contributed by atoms with Gasteiger partial charge in [0.25, 0.3) is 0 Å². The van der Waals surface area contributed by atoms with Gasteiger partial charge in [0, 0.05) is 43.2 Å². The standard InChI is InChI=1S/C22H23F3N4O2/c1-12(9-19(26)30)29(2)22(31)27-8-7-16-17-10-15(24)11-18(25)21(17)28-20(16)13-3-5-14(23)6-4-13/h3-6,10-12,28H,7-9H2,1-2H3,(H2,26,30)(H,27,31). The number of halogens is 3. The number of urea groups is 1. The molecule has 31 heavy (non-hydrogen) atoms. The number of nitrogens with two attached hydrogens (primary N) is 1. The van der Waals surface area contributed by atoms with Crippen LogP contribution < -0.4 is 11.1 Å². The number of hydrogen-bond donors (Lipinski definition) is 3. The molecule has 164 valence electrons. The molecule has 6 nitrogen and oxygen atoms in total. The van der Waals surface area contributed by atoms with Crippen molar-refractivity contribution in [3.05, 3.63) is 59.4 Å². The van der Waals surface area contributed by atoms with Gasteiger partial charge >= 0.3 is 6.03 Å². The molecule has 3 rings (SSSR count). The van der Waals surface area contributed by atoms with E-state index in [9.17, 15) is 22.8 Å². The van der Waals surface area contributed by atoms with E-state index in [0.717, 1.165) is 6.07 Å². The maximum absolute atomic E-state index is 14.3. The van der Waals surface area contributed by atoms with Crippen LogP contribution in [-0.2, 0) is 11.2 Å². The van der Waals surface area contributed by atoms with Crippen LogP contribution in [0.25, 0.3) is 22.2 Å². The molecule has 0 aliphatic heterocycles. The zero-order chi connectivity index (χ0) is 22.7. The lowest BCUT2D eigenvalue weighted by Gasteiger charge is -2.24. The third kappa shape index (κ3) is 4.99. The van der Waals surface area contributed by atoms with Crippen LogP contribution in [-0.4, -0.2) is 41.5 Å². The number of nitrogens with zero attached hydrogens (tertiary/aromatic N) is 1. The van der Waals surface area contributed by atoms with Crippen LogP contribution in [0.3, 0.4) is 0 Å². The normalized spacial score (nSPS) is 12.0. The van der Waals surface area contributed by atoms with Gasteiger partial charge in [0.1, 0.15) is 17.5 Å². The third-order valence-corrected chi connectivity index (χ3v) is 5.19. The van der Waals surface area contributed by atoms with Crippen molar-refractivity contribution in [1.82, 2.24) is 15.2 Å². The molecule has 1 unspecified atom stereocenters. The minimum absolute atomic E-state index is 0.0274. The van der Waals surface area contributed by atoms with Gasteiger partial charge < -0.3 is 20.9 Å². The summed E-state index contributed by atoms with van der Waals surface area (Å²) in [4.78, 5) is 27.7. The van der Waals surface area contributed by atoms with Crippen LogP contribution in [0, 0.1) is 17.5 Å². The molecule has 0 saturated carbocycles. The fourth-order valence-electron chi connectivity index (χ4n) is 3.44. The number of aromatic amines is 1. The highest BCUT2D eigenvalue weighted by molar-refractivity contribution is 5.91. The molecule has 0 aliphatic carbocycles. The Morgan fingerprint density at radius 1 is 1.13 bits per heavy atom. The van der Waals surface area contributed by atoms with Crippen molar-refractivity contribution in [2.75, 3.05) is 13.6 Å². The quantitative estimate of drug-likeness (QED) is 0.531. The van der Waals surface area contributed by atoms with Crippen molar-refractivity contribution in [2.24, 2.45) is 5.73 Å². The number of benzene rings is 2. The number of hydrogen-bond acceptors (Lipinski definition) is 2. The summed E-state index contributed by atoms with van der Waals surface area (Å²) in [5, 5.41) is 3.08. The number of amides is 3. The van der Waals surface area contributed by atoms with E-state index < -0.39 is 29.4 Å². The number of aromatic nitrogens is 1. The maximum atomic E-state index is 14.3. The molecule has 0 spiro atoms. The Morgan fingerprint density at radius 2 is 1.81 bits per heavy atom. The number of rotatable bonds is 7. The van der Waals surface area contributed by atoms with Crippen LogP contribution in [0.4, 0.5) is 18.0 Å². The van der Waals surface area contributed by atoms with E-state index in [1.54, 1.807) is 14.0 Å². The molecule has 1 heterocycles. The van der Waals surface area contributed by atoms with Crippen LogP contribution in [0.15, 0.2) is 36.4 Å². The minimum atomic E-state index is -0.742. The highest BCUT2D eigenvalue weighted by Gasteiger charge is 2.19. The van der Waals surface area contributed by atoms with Gasteiger partial charge in [0.15, 0.2) is 0 Å². The summed E-state index contributed by atoms with van der Waals surface area (Å²) in [5.41, 5.74) is 7.01. The van der Waals surface area contributed by atoms with Gasteiger partial charge in [-0.05, 0) is 54.8 Å². The summed E-state index contributed by atoms with van der Waals surface area (Å²) in [6, 6.07) is 6.84. The van der Waals surface area contributed by atoms with Crippen LogP contribution >= 0.6 is 0 Å². The summed E-state index contributed by atoms with van der Waals surface area (Å²) in [6.07, 6.45) is 0.291. The minimum Gasteiger partial charge on any atom is -0.370 e. The number of nitrogens with one attached hydrogen (secondary N) is 2. The first-order chi connectivity index (χ1) is 14.7. The summed E-state index contributed by atoms with van der Waals surface area (Å²) in [6.45, 7) is 1.87. The first-order valence-corrected chi connectivity index (χ1v) is 9.72. The SMILES string of the molecule is CC(CC(N)=O)N(C)C(=O)NCCc1c(-c2ccc(F)cc2)[nH]c2c(F)cc(F)cc12. The van der Waals surface area contributed by atoms with E-state index in [-0.39, 0.29) is 30.9 Å². The predicted octanol–water partition coefficient (Wildman–Crippen LogP) is 3.70. The van der Waals surface area contributed by atoms with Gasteiger partial charge in [-0.1, -0.05) is 0 Å². The summed E-state index contributed by atoms with van der Waals surface area (Å²) < 4.78 is 41.5. The van der Waals surface area contributed by atoms with Crippen molar-refractivity contribution in [1.29, 1.82) is 0 Å². The van der Waals surface area contributed by atoms with Crippen LogP contribution in [0.2, 0.25) is 0 Å². The van der Waals surface area contributed by atoms with Crippen molar-refractivity contribution < 1.29 is 22.8 Å². The Bertz CT molecular complexity index is 1110. The fourth-order valence-corrected chi connectivity index (χ4v) is 3.44. The number of fused-ring (bicyclic) bond motifs is 1. The highest BCUT2D eigenvalue weighted by atomic mass is 19.1. The maximum Gasteiger partial charge on any atom is 0.317 e. The number of carbonyl (C=O) groups excluding carboxylic acids is 2. The molecule has 0 saturated heterocycles. The lowest BCUT2D eigenvalue weighted by Crippen LogP contribution is -2.44. The average molecular weight is 432 g/mol. The summed E-state index contributed by atoms with van der Waals surface area (Å²) in [7, 11) is 1.54. The van der Waals surface area contributed by atoms with E-state index in [1.165, 1.54) is 35.2 Å². The fraction of sp³-hybridized carbons (Fsp3) is 0.273. The van der Waals surface area contributed by atoms with Gasteiger partial charge in [-0.3, -0.25) is 4.79 Å². The van der Waals surface area contributed by atoms with Gasteiger partial charge in [0.2, 0.25) is 5.91 Å². The monoisotopic (exact) mass is 432 g/mol. The van der Waals surface area contributed by atoms with Gasteiger partial charge in [-0.2, -0.15) is 0 Å². The lowest BCUT2D eigenvalue weighted by molar-refractivity contribution is -0.118. The molecule has 3 aromatic rings. The second-order valence-electron chi connectivity index (χ2n) is 7.41. The predicted molar refractivity (Wildman–Crippen MR) is 112 cm³/mol. The molecule has 3 amide bonds. The topological polar surface area (TPSA) is 91.2 Å². The zero-order valence-electron chi connectivity index (χ0n) is 17.1. The zero-order valence-corrected chi connectivity index (χ0v) is 17.1. The molecule has 2 aromatic carbocycles. The van der Waals surface area contributed by atoms with E-state index >= 15 is 0 Å². The first-order valence-electron chi connectivity index (χ1n) is 9.72. The van der Waals surface area contributed by atoms with Crippen LogP contribution in [0.5, 0.6) is 0 Å². The molecule has 0 radical (unpaired) electrons. The molecule has 0 bridgehead atoms. The van der Waals surface area contributed by atoms with E-state index in [4.69, 9.17) is 5.73 Å². The molecular formula is C22H23F3N4O2. The molecule has 0 fully saturated rings. The Kier molecular flexibility index (Phi) is 6.53. The Hall–Kier alpha value is -3.49. The van der Waals surface area contributed by atoms with Crippen molar-refractivity contribution in [3.63, 3.8) is 0 Å². The Labute approximate surface area is 177 Å². The number of H-pyrrole nitrogens is 1. The largest absolute Gasteiger partial charge is 0.370 e. The van der Waals surface area contributed by atoms with Gasteiger partial charge in [-0.15, -0.1) is 0 Å². The summed E-state index contributed by atoms with van der Waals surface area (Å²) in [5.74, 6) is -2.40. The highest BCUT2D eigenvalue weighted by Crippen LogP contribution is 2.32. The number of primary amides is 1. The molecule has 9 heteroatoms. The summed E-state index contributed by atoms with van der Waals surface area (Å²) >= 11 is 0. The molecule has 4 N–H and O–H groups in total. The second kappa shape index (κ2) is 9.11. The van der Waals surface area contributed by atoms with Crippen molar-refractivity contribution in [3.8, 4) is 11.3 Å². The molecule has 1 atom stereocenters. The van der Waals surface area contributed by atoms with Crippen molar-refractivity contribution in [2.45, 2.75) is 25.8 Å². The molecule has 0 aliphatic rings. The smallest absolute Gasteiger partial charge is 0.317 e. The number of carbonyl (C=O) groups is 2. The van der Waals surface area contributed by atoms with Crippen LogP contribution in [0.1, 0.15) is 18.9 Å². The Morgan fingerprint density at radius 3 is 2.45 bits per heavy atom. The van der Waals surface area contributed by atoms with E-state index in [1.807, 2.05) is 0 Å². The lowest BCUT2D eigenvalue weighted by atomic mass is 10.0. The first kappa shape index (κ1) is 22.2. The van der Waals surface area contributed by atoms with Gasteiger partial charge in [0.05, 0.1) is 5.52 Å². The van der Waals surface area contributed by atoms with Crippen molar-refractivity contribution >= 4 is 22.8 Å².